The molecule has 1 aromatic rings. The molecule has 0 aromatic carbocycles. The average molecular weight is 138 g/mol. The normalized spacial score (nSPS) is 10.0. The molecule has 54 valence electrons. The maximum atomic E-state index is 2.17. The van der Waals surface area contributed by atoms with Crippen molar-refractivity contribution in [3.05, 3.63) is 23.8 Å². The molecule has 0 aliphatic heterocycles. The number of nitrogens with zero attached hydrogens (tertiary/aromatic N) is 2. The van der Waals surface area contributed by atoms with E-state index in [-0.39, 0.29) is 0 Å². The fourth-order valence-electron chi connectivity index (χ4n) is 1.08. The smallest absolute Gasteiger partial charge is 0.197 e. The molecule has 1 rings (SSSR count). The van der Waals surface area contributed by atoms with Crippen molar-refractivity contribution in [2.45, 2.75) is 13.8 Å². The SMILES string of the molecule is Cc1c[n+](C)cc(C)[n+]1C. The molecular formula is C8H14N2+2. The van der Waals surface area contributed by atoms with Gasteiger partial charge in [-0.2, -0.15) is 9.13 Å². The Morgan fingerprint density at radius 2 is 1.40 bits per heavy atom. The molecule has 1 aromatic heterocycles. The van der Waals surface area contributed by atoms with E-state index in [4.69, 9.17) is 0 Å². The summed E-state index contributed by atoms with van der Waals surface area (Å²) in [6, 6.07) is 0. The monoisotopic (exact) mass is 138 g/mol. The fraction of sp³-hybridized carbons (Fsp3) is 0.500. The van der Waals surface area contributed by atoms with Crippen LogP contribution in [0.1, 0.15) is 11.4 Å². The van der Waals surface area contributed by atoms with Gasteiger partial charge >= 0.3 is 0 Å². The minimum atomic E-state index is 1.28. The van der Waals surface area contributed by atoms with Gasteiger partial charge in [0, 0.05) is 13.8 Å². The van der Waals surface area contributed by atoms with Crippen molar-refractivity contribution in [1.29, 1.82) is 0 Å². The highest BCUT2D eigenvalue weighted by Crippen LogP contribution is 1.84. The lowest BCUT2D eigenvalue weighted by Gasteiger charge is -1.93. The third-order valence-electron chi connectivity index (χ3n) is 1.84. The summed E-state index contributed by atoms with van der Waals surface area (Å²) in [5.41, 5.74) is 2.56. The van der Waals surface area contributed by atoms with Crippen LogP contribution in [0.25, 0.3) is 0 Å². The van der Waals surface area contributed by atoms with E-state index in [2.05, 4.69) is 42.4 Å². The first-order valence-corrected chi connectivity index (χ1v) is 3.44. The van der Waals surface area contributed by atoms with Crippen LogP contribution in [-0.4, -0.2) is 0 Å². The van der Waals surface area contributed by atoms with E-state index in [0.717, 1.165) is 0 Å². The Balaban J connectivity index is 3.31. The van der Waals surface area contributed by atoms with E-state index in [1.807, 2.05) is 7.05 Å². The van der Waals surface area contributed by atoms with Gasteiger partial charge in [-0.15, -0.1) is 0 Å². The zero-order chi connectivity index (χ0) is 7.72. The molecule has 0 bridgehead atoms. The lowest BCUT2D eigenvalue weighted by atomic mass is 10.4. The number of hydrogen-bond donors (Lipinski definition) is 0. The maximum absolute atomic E-state index is 2.17. The first kappa shape index (κ1) is 7.19. The molecule has 0 aliphatic rings. The van der Waals surface area contributed by atoms with Gasteiger partial charge in [-0.25, -0.2) is 0 Å². The summed E-state index contributed by atoms with van der Waals surface area (Å²) >= 11 is 0. The Bertz CT molecular complexity index is 230. The van der Waals surface area contributed by atoms with Gasteiger partial charge in [0.25, 0.3) is 0 Å². The van der Waals surface area contributed by atoms with Crippen LogP contribution in [0.2, 0.25) is 0 Å². The zero-order valence-electron chi connectivity index (χ0n) is 7.05. The van der Waals surface area contributed by atoms with Crippen molar-refractivity contribution in [3.63, 3.8) is 0 Å². The molecule has 10 heavy (non-hydrogen) atoms. The van der Waals surface area contributed by atoms with Crippen LogP contribution in [0.4, 0.5) is 0 Å². The largest absolute Gasteiger partial charge is 0.242 e. The average Bonchev–Trinajstić information content (AvgIpc) is 1.82. The summed E-state index contributed by atoms with van der Waals surface area (Å²) in [4.78, 5) is 0. The first-order chi connectivity index (χ1) is 4.61. The van der Waals surface area contributed by atoms with E-state index in [9.17, 15) is 0 Å². The lowest BCUT2D eigenvalue weighted by molar-refractivity contribution is -0.735. The second-order valence-electron chi connectivity index (χ2n) is 2.77. The highest BCUT2D eigenvalue weighted by Gasteiger charge is 2.09. The van der Waals surface area contributed by atoms with Crippen molar-refractivity contribution in [2.75, 3.05) is 0 Å². The zero-order valence-corrected chi connectivity index (χ0v) is 7.05. The lowest BCUT2D eigenvalue weighted by Crippen LogP contribution is -2.43. The summed E-state index contributed by atoms with van der Waals surface area (Å²) in [6.45, 7) is 4.21. The number of rotatable bonds is 0. The minimum absolute atomic E-state index is 1.28. The molecule has 0 aliphatic carbocycles. The summed E-state index contributed by atoms with van der Waals surface area (Å²) in [5.74, 6) is 0. The van der Waals surface area contributed by atoms with E-state index in [0.29, 0.717) is 0 Å². The molecule has 1 heterocycles. The Morgan fingerprint density at radius 1 is 1.00 bits per heavy atom. The summed E-state index contributed by atoms with van der Waals surface area (Å²) in [7, 11) is 4.12. The van der Waals surface area contributed by atoms with Crippen molar-refractivity contribution in [2.24, 2.45) is 14.1 Å². The molecule has 2 nitrogen and oxygen atoms in total. The maximum Gasteiger partial charge on any atom is 0.242 e. The van der Waals surface area contributed by atoms with E-state index < -0.39 is 0 Å². The van der Waals surface area contributed by atoms with Gasteiger partial charge in [0.2, 0.25) is 23.8 Å². The van der Waals surface area contributed by atoms with Gasteiger partial charge in [-0.05, 0) is 0 Å². The highest BCUT2D eigenvalue weighted by atomic mass is 15.0. The van der Waals surface area contributed by atoms with Gasteiger partial charge in [-0.1, -0.05) is 0 Å². The molecule has 0 radical (unpaired) electrons. The van der Waals surface area contributed by atoms with Crippen LogP contribution in [0, 0.1) is 13.8 Å². The molecule has 0 saturated heterocycles. The van der Waals surface area contributed by atoms with Crippen LogP contribution in [0.15, 0.2) is 12.4 Å². The Labute approximate surface area is 61.8 Å². The van der Waals surface area contributed by atoms with Crippen LogP contribution >= 0.6 is 0 Å². The van der Waals surface area contributed by atoms with Crippen molar-refractivity contribution in [1.82, 2.24) is 0 Å². The highest BCUT2D eigenvalue weighted by molar-refractivity contribution is 4.82. The summed E-state index contributed by atoms with van der Waals surface area (Å²) in [5, 5.41) is 0. The third kappa shape index (κ3) is 1.15. The molecular weight excluding hydrogens is 124 g/mol. The van der Waals surface area contributed by atoms with Gasteiger partial charge in [0.15, 0.2) is 0 Å². The molecule has 0 saturated carbocycles. The van der Waals surface area contributed by atoms with Crippen LogP contribution < -0.4 is 9.13 Å². The van der Waals surface area contributed by atoms with Gasteiger partial charge in [0.05, 0.1) is 0 Å². The quantitative estimate of drug-likeness (QED) is 0.444. The standard InChI is InChI=1S/C8H14N2/c1-7-5-9(3)6-8(2)10(7)4/h5-6H,1-4H3/q+2. The van der Waals surface area contributed by atoms with Gasteiger partial charge in [0.1, 0.15) is 14.1 Å². The predicted molar refractivity (Wildman–Crippen MR) is 38.3 cm³/mol. The number of aromatic nitrogens is 2. The van der Waals surface area contributed by atoms with Crippen molar-refractivity contribution in [3.8, 4) is 0 Å². The van der Waals surface area contributed by atoms with Crippen LogP contribution in [0.3, 0.4) is 0 Å². The first-order valence-electron chi connectivity index (χ1n) is 3.44. The van der Waals surface area contributed by atoms with Crippen LogP contribution in [-0.2, 0) is 14.1 Å². The number of aryl methyl sites for hydroxylation is 3. The second kappa shape index (κ2) is 2.37. The summed E-state index contributed by atoms with van der Waals surface area (Å²) < 4.78 is 4.24. The molecule has 0 spiro atoms. The van der Waals surface area contributed by atoms with Crippen molar-refractivity contribution >= 4 is 0 Å². The second-order valence-corrected chi connectivity index (χ2v) is 2.77. The van der Waals surface area contributed by atoms with E-state index >= 15 is 0 Å². The molecule has 0 unspecified atom stereocenters. The molecule has 0 amide bonds. The minimum Gasteiger partial charge on any atom is -0.197 e. The van der Waals surface area contributed by atoms with Crippen LogP contribution in [0.5, 0.6) is 0 Å². The van der Waals surface area contributed by atoms with Gasteiger partial charge < -0.3 is 0 Å². The summed E-state index contributed by atoms with van der Waals surface area (Å²) in [6.07, 6.45) is 4.21. The Hall–Kier alpha value is -0.920. The predicted octanol–water partition coefficient (Wildman–Crippen LogP) is -0.0476. The Kier molecular flexibility index (Phi) is 1.70. The fourth-order valence-corrected chi connectivity index (χ4v) is 1.08. The van der Waals surface area contributed by atoms with E-state index in [1.54, 1.807) is 0 Å². The molecule has 0 fully saturated rings. The molecule has 2 heteroatoms. The molecule has 0 atom stereocenters. The molecule has 0 N–H and O–H groups in total. The van der Waals surface area contributed by atoms with E-state index in [1.165, 1.54) is 11.4 Å². The Morgan fingerprint density at radius 3 is 1.80 bits per heavy atom. The van der Waals surface area contributed by atoms with Crippen molar-refractivity contribution < 1.29 is 9.13 Å². The topological polar surface area (TPSA) is 7.76 Å². The number of hydrogen-bond acceptors (Lipinski definition) is 0. The van der Waals surface area contributed by atoms with Gasteiger partial charge in [-0.3, -0.25) is 0 Å². The third-order valence-corrected chi connectivity index (χ3v) is 1.84.